The first kappa shape index (κ1) is 15.3. The second-order valence-corrected chi connectivity index (χ2v) is 4.05. The van der Waals surface area contributed by atoms with E-state index in [4.69, 9.17) is 9.47 Å². The second-order valence-electron chi connectivity index (χ2n) is 4.05. The number of carbonyl (C=O) groups excluding carboxylic acids is 1. The molecule has 106 valence electrons. The Balaban J connectivity index is 2.64. The molecule has 1 aromatic rings. The fraction of sp³-hybridized carbons (Fsp3) is 0.500. The minimum atomic E-state index is -0.108. The first-order chi connectivity index (χ1) is 9.21. The molecule has 0 spiro atoms. The number of aliphatic hydroxyl groups excluding tert-OH is 1. The Bertz CT molecular complexity index is 406. The van der Waals surface area contributed by atoms with Gasteiger partial charge < -0.3 is 19.9 Å². The highest BCUT2D eigenvalue weighted by Crippen LogP contribution is 2.25. The average Bonchev–Trinajstić information content (AvgIpc) is 2.45. The molecule has 0 aromatic heterocycles. The van der Waals surface area contributed by atoms with Crippen molar-refractivity contribution in [3.05, 3.63) is 23.8 Å². The molecule has 0 radical (unpaired) electrons. The summed E-state index contributed by atoms with van der Waals surface area (Å²) in [5.41, 5.74) is 0.681. The van der Waals surface area contributed by atoms with Gasteiger partial charge in [-0.25, -0.2) is 0 Å². The molecule has 0 saturated heterocycles. The number of nitrogens with one attached hydrogen (secondary N) is 1. The van der Waals surface area contributed by atoms with Crippen molar-refractivity contribution in [3.8, 4) is 11.5 Å². The number of amides is 1. The molecule has 0 atom stereocenters. The molecule has 19 heavy (non-hydrogen) atoms. The van der Waals surface area contributed by atoms with Crippen molar-refractivity contribution in [1.82, 2.24) is 5.32 Å². The first-order valence-corrected chi connectivity index (χ1v) is 6.41. The van der Waals surface area contributed by atoms with Crippen LogP contribution in [0.2, 0.25) is 0 Å². The van der Waals surface area contributed by atoms with Crippen LogP contribution in [0.1, 0.15) is 25.3 Å². The van der Waals surface area contributed by atoms with Crippen LogP contribution in [0.4, 0.5) is 0 Å². The van der Waals surface area contributed by atoms with Crippen LogP contribution in [0.3, 0.4) is 0 Å². The van der Waals surface area contributed by atoms with Gasteiger partial charge in [0.05, 0.1) is 26.2 Å². The monoisotopic (exact) mass is 267 g/mol. The summed E-state index contributed by atoms with van der Waals surface area (Å²) in [4.78, 5) is 11.1. The van der Waals surface area contributed by atoms with Crippen LogP contribution in [-0.4, -0.2) is 31.3 Å². The van der Waals surface area contributed by atoms with E-state index in [1.54, 1.807) is 25.2 Å². The zero-order chi connectivity index (χ0) is 14.1. The molecule has 0 aliphatic carbocycles. The van der Waals surface area contributed by atoms with Gasteiger partial charge in [-0.1, -0.05) is 6.92 Å². The third-order valence-corrected chi connectivity index (χ3v) is 2.55. The van der Waals surface area contributed by atoms with Crippen molar-refractivity contribution in [2.24, 2.45) is 0 Å². The van der Waals surface area contributed by atoms with Crippen LogP contribution in [-0.2, 0) is 11.4 Å². The number of ether oxygens (including phenoxy) is 2. The van der Waals surface area contributed by atoms with Crippen LogP contribution in [0.5, 0.6) is 11.5 Å². The van der Waals surface area contributed by atoms with E-state index in [-0.39, 0.29) is 25.5 Å². The Hall–Kier alpha value is -1.75. The minimum absolute atomic E-state index is 0.0797. The molecule has 1 amide bonds. The smallest absolute Gasteiger partial charge is 0.223 e. The maximum atomic E-state index is 11.1. The number of carbonyl (C=O) groups is 1. The van der Waals surface area contributed by atoms with Gasteiger partial charge in [0, 0.05) is 18.7 Å². The molecule has 0 aliphatic rings. The van der Waals surface area contributed by atoms with E-state index in [0.29, 0.717) is 23.7 Å². The number of aliphatic hydroxyl groups is 1. The van der Waals surface area contributed by atoms with Crippen LogP contribution in [0.15, 0.2) is 18.2 Å². The summed E-state index contributed by atoms with van der Waals surface area (Å²) in [7, 11) is 1.58. The summed E-state index contributed by atoms with van der Waals surface area (Å²) in [6.07, 6.45) is 1.20. The molecular formula is C14H21NO4. The van der Waals surface area contributed by atoms with Gasteiger partial charge in [-0.3, -0.25) is 4.79 Å². The van der Waals surface area contributed by atoms with Gasteiger partial charge in [-0.2, -0.15) is 0 Å². The van der Waals surface area contributed by atoms with Crippen LogP contribution in [0, 0.1) is 0 Å². The number of hydrogen-bond acceptors (Lipinski definition) is 4. The Labute approximate surface area is 113 Å². The predicted octanol–water partition coefficient (Wildman–Crippen LogP) is 1.48. The number of rotatable bonds is 8. The van der Waals surface area contributed by atoms with Crippen molar-refractivity contribution >= 4 is 5.91 Å². The predicted molar refractivity (Wildman–Crippen MR) is 72.3 cm³/mol. The lowest BCUT2D eigenvalue weighted by Gasteiger charge is -2.12. The van der Waals surface area contributed by atoms with E-state index in [1.165, 1.54) is 0 Å². The van der Waals surface area contributed by atoms with Crippen LogP contribution < -0.4 is 14.8 Å². The fourth-order valence-corrected chi connectivity index (χ4v) is 1.49. The lowest BCUT2D eigenvalue weighted by Crippen LogP contribution is -2.20. The number of hydrogen-bond donors (Lipinski definition) is 2. The summed E-state index contributed by atoms with van der Waals surface area (Å²) in [5, 5.41) is 11.8. The summed E-state index contributed by atoms with van der Waals surface area (Å²) in [6.45, 7) is 2.83. The van der Waals surface area contributed by atoms with E-state index in [1.807, 2.05) is 6.92 Å². The largest absolute Gasteiger partial charge is 0.493 e. The second kappa shape index (κ2) is 8.37. The highest BCUT2D eigenvalue weighted by atomic mass is 16.5. The summed E-state index contributed by atoms with van der Waals surface area (Å²) in [6, 6.07) is 5.30. The highest BCUT2D eigenvalue weighted by molar-refractivity contribution is 5.75. The van der Waals surface area contributed by atoms with Gasteiger partial charge in [0.15, 0.2) is 0 Å². The summed E-state index contributed by atoms with van der Waals surface area (Å²) in [5.74, 6) is 1.18. The summed E-state index contributed by atoms with van der Waals surface area (Å²) >= 11 is 0. The van der Waals surface area contributed by atoms with Crippen LogP contribution in [0.25, 0.3) is 0 Å². The normalized spacial score (nSPS) is 10.1. The zero-order valence-corrected chi connectivity index (χ0v) is 11.4. The summed E-state index contributed by atoms with van der Waals surface area (Å²) < 4.78 is 11.0. The van der Waals surface area contributed by atoms with Gasteiger partial charge in [0.2, 0.25) is 5.91 Å². The standard InChI is InChI=1S/C14H21NO4/c1-3-7-18-12-5-4-11(10-16)13(9-12)19-8-6-14(17)15-2/h4-5,9,16H,3,6-8,10H2,1-2H3,(H,15,17). The van der Waals surface area contributed by atoms with Crippen molar-refractivity contribution < 1.29 is 19.4 Å². The third-order valence-electron chi connectivity index (χ3n) is 2.55. The first-order valence-electron chi connectivity index (χ1n) is 6.41. The van der Waals surface area contributed by atoms with E-state index < -0.39 is 0 Å². The maximum absolute atomic E-state index is 11.1. The molecule has 1 rings (SSSR count). The maximum Gasteiger partial charge on any atom is 0.223 e. The SMILES string of the molecule is CCCOc1ccc(CO)c(OCCC(=O)NC)c1. The average molecular weight is 267 g/mol. The molecule has 0 heterocycles. The Morgan fingerprint density at radius 1 is 1.32 bits per heavy atom. The van der Waals surface area contributed by atoms with Crippen molar-refractivity contribution in [1.29, 1.82) is 0 Å². The van der Waals surface area contributed by atoms with Crippen molar-refractivity contribution in [3.63, 3.8) is 0 Å². The molecule has 5 nitrogen and oxygen atoms in total. The molecule has 0 unspecified atom stereocenters. The van der Waals surface area contributed by atoms with E-state index in [2.05, 4.69) is 5.32 Å². The van der Waals surface area contributed by atoms with Crippen molar-refractivity contribution in [2.45, 2.75) is 26.4 Å². The molecule has 0 saturated carbocycles. The molecule has 1 aromatic carbocycles. The molecule has 0 bridgehead atoms. The van der Waals surface area contributed by atoms with Gasteiger partial charge in [0.1, 0.15) is 11.5 Å². The van der Waals surface area contributed by atoms with Gasteiger partial charge in [-0.05, 0) is 18.6 Å². The zero-order valence-electron chi connectivity index (χ0n) is 11.4. The topological polar surface area (TPSA) is 67.8 Å². The Morgan fingerprint density at radius 3 is 2.74 bits per heavy atom. The Morgan fingerprint density at radius 2 is 2.11 bits per heavy atom. The lowest BCUT2D eigenvalue weighted by molar-refractivity contribution is -0.121. The number of benzene rings is 1. The quantitative estimate of drug-likeness (QED) is 0.748. The van der Waals surface area contributed by atoms with E-state index in [0.717, 1.165) is 6.42 Å². The molecule has 0 aliphatic heterocycles. The minimum Gasteiger partial charge on any atom is -0.493 e. The lowest BCUT2D eigenvalue weighted by atomic mass is 10.2. The van der Waals surface area contributed by atoms with Gasteiger partial charge in [0.25, 0.3) is 0 Å². The van der Waals surface area contributed by atoms with Crippen molar-refractivity contribution in [2.75, 3.05) is 20.3 Å². The molecule has 5 heteroatoms. The molecule has 0 fully saturated rings. The van der Waals surface area contributed by atoms with Gasteiger partial charge in [-0.15, -0.1) is 0 Å². The van der Waals surface area contributed by atoms with E-state index in [9.17, 15) is 9.90 Å². The fourth-order valence-electron chi connectivity index (χ4n) is 1.49. The highest BCUT2D eigenvalue weighted by Gasteiger charge is 2.06. The van der Waals surface area contributed by atoms with Gasteiger partial charge >= 0.3 is 0 Å². The van der Waals surface area contributed by atoms with E-state index >= 15 is 0 Å². The third kappa shape index (κ3) is 5.18. The van der Waals surface area contributed by atoms with Crippen LogP contribution >= 0.6 is 0 Å². The Kier molecular flexibility index (Phi) is 6.74. The molecule has 2 N–H and O–H groups in total. The molecular weight excluding hydrogens is 246 g/mol.